The van der Waals surface area contributed by atoms with Crippen LogP contribution in [-0.4, -0.2) is 34.7 Å². The maximum absolute atomic E-state index is 12.3. The molecule has 2 saturated carbocycles. The van der Waals surface area contributed by atoms with Gasteiger partial charge in [0.2, 0.25) is 5.91 Å². The number of carbonyl (C=O) groups excluding carboxylic acids is 2. The molecule has 6 atom stereocenters. The van der Waals surface area contributed by atoms with Gasteiger partial charge in [-0.2, -0.15) is 0 Å². The van der Waals surface area contributed by atoms with Gasteiger partial charge in [0.25, 0.3) is 0 Å². The molecule has 2 N–H and O–H groups in total. The van der Waals surface area contributed by atoms with E-state index >= 15 is 0 Å². The minimum Gasteiger partial charge on any atom is -0.459 e. The van der Waals surface area contributed by atoms with Gasteiger partial charge in [0, 0.05) is 17.4 Å². The van der Waals surface area contributed by atoms with Crippen LogP contribution < -0.4 is 5.32 Å². The predicted octanol–water partition coefficient (Wildman–Crippen LogP) is 0.0695. The molecule has 2 aliphatic carbocycles. The molecule has 3 fully saturated rings. The molecule has 0 aromatic heterocycles. The molecule has 5 heteroatoms. The fourth-order valence-corrected chi connectivity index (χ4v) is 3.83. The van der Waals surface area contributed by atoms with Crippen LogP contribution in [0.5, 0.6) is 0 Å². The fourth-order valence-electron chi connectivity index (χ4n) is 3.83. The van der Waals surface area contributed by atoms with Crippen LogP contribution in [-0.2, 0) is 14.3 Å². The lowest BCUT2D eigenvalue weighted by Crippen LogP contribution is -2.50. The Balaban J connectivity index is 1.85. The van der Waals surface area contributed by atoms with E-state index in [4.69, 9.17) is 4.74 Å². The largest absolute Gasteiger partial charge is 0.459 e. The summed E-state index contributed by atoms with van der Waals surface area (Å²) in [5.41, 5.74) is -0.328. The molecule has 2 bridgehead atoms. The van der Waals surface area contributed by atoms with Crippen LogP contribution in [0.25, 0.3) is 0 Å². The number of carbonyl (C=O) groups is 2. The first-order valence-corrected chi connectivity index (χ1v) is 6.50. The van der Waals surface area contributed by atoms with E-state index in [-0.39, 0.29) is 41.3 Å². The fraction of sp³-hybridized carbons (Fsp3) is 0.846. The third kappa shape index (κ3) is 1.49. The van der Waals surface area contributed by atoms with Crippen LogP contribution in [0.15, 0.2) is 0 Å². The summed E-state index contributed by atoms with van der Waals surface area (Å²) in [5.74, 6) is -1.29. The summed E-state index contributed by atoms with van der Waals surface area (Å²) in [6, 6.07) is 0. The SMILES string of the molecule is CC(C)(C)NC(=O)[C@@H]1[C@H]2C[C@H]3[C@H](OC(=O)[C@H]31)[C@H]2O. The third-order valence-electron chi connectivity index (χ3n) is 4.38. The normalized spacial score (nSPS) is 45.2. The summed E-state index contributed by atoms with van der Waals surface area (Å²) in [4.78, 5) is 24.1. The minimum absolute atomic E-state index is 0.0354. The van der Waals surface area contributed by atoms with Gasteiger partial charge < -0.3 is 15.2 Å². The summed E-state index contributed by atoms with van der Waals surface area (Å²) in [6.45, 7) is 5.72. The average molecular weight is 253 g/mol. The molecule has 18 heavy (non-hydrogen) atoms. The standard InChI is InChI=1S/C13H19NO4/c1-13(2,3)14-11(16)7-5-4-6-8(7)12(17)18-10(6)9(5)15/h5-10,15H,4H2,1-3H3,(H,14,16)/t5-,6-,7-,8-,9+,10+/m1/s1. The number of amides is 1. The molecular formula is C13H19NO4. The van der Waals surface area contributed by atoms with E-state index in [9.17, 15) is 14.7 Å². The molecule has 0 aromatic rings. The Kier molecular flexibility index (Phi) is 2.31. The molecule has 3 aliphatic rings. The van der Waals surface area contributed by atoms with E-state index in [0.29, 0.717) is 0 Å². The molecule has 3 rings (SSSR count). The van der Waals surface area contributed by atoms with Gasteiger partial charge in [0.05, 0.1) is 17.9 Å². The molecular weight excluding hydrogens is 234 g/mol. The van der Waals surface area contributed by atoms with Gasteiger partial charge in [0.15, 0.2) is 0 Å². The summed E-state index contributed by atoms with van der Waals surface area (Å²) in [7, 11) is 0. The minimum atomic E-state index is -0.673. The third-order valence-corrected chi connectivity index (χ3v) is 4.38. The number of nitrogens with one attached hydrogen (secondary N) is 1. The number of esters is 1. The highest BCUT2D eigenvalue weighted by Crippen LogP contribution is 2.57. The smallest absolute Gasteiger partial charge is 0.310 e. The zero-order chi connectivity index (χ0) is 13.2. The Morgan fingerprint density at radius 1 is 1.39 bits per heavy atom. The Morgan fingerprint density at radius 3 is 2.67 bits per heavy atom. The first-order valence-electron chi connectivity index (χ1n) is 6.50. The highest BCUT2D eigenvalue weighted by Gasteiger charge is 2.68. The summed E-state index contributed by atoms with van der Waals surface area (Å²) in [6.07, 6.45) is -0.315. The number of hydrogen-bond donors (Lipinski definition) is 2. The molecule has 0 spiro atoms. The number of rotatable bonds is 1. The van der Waals surface area contributed by atoms with E-state index < -0.39 is 12.0 Å². The number of fused-ring (bicyclic) bond motifs is 1. The summed E-state index contributed by atoms with van der Waals surface area (Å²) >= 11 is 0. The van der Waals surface area contributed by atoms with Crippen LogP contribution in [0.1, 0.15) is 27.2 Å². The van der Waals surface area contributed by atoms with Crippen molar-refractivity contribution in [2.45, 2.75) is 44.9 Å². The van der Waals surface area contributed by atoms with Gasteiger partial charge in [-0.25, -0.2) is 0 Å². The molecule has 1 saturated heterocycles. The Hall–Kier alpha value is -1.10. The summed E-state index contributed by atoms with van der Waals surface area (Å²) < 4.78 is 5.19. The lowest BCUT2D eigenvalue weighted by Gasteiger charge is -2.30. The van der Waals surface area contributed by atoms with Gasteiger partial charge in [0.1, 0.15) is 6.10 Å². The highest BCUT2D eigenvalue weighted by atomic mass is 16.6. The van der Waals surface area contributed by atoms with Crippen LogP contribution in [0, 0.1) is 23.7 Å². The van der Waals surface area contributed by atoms with Crippen molar-refractivity contribution in [3.05, 3.63) is 0 Å². The molecule has 5 nitrogen and oxygen atoms in total. The molecule has 100 valence electrons. The van der Waals surface area contributed by atoms with Crippen LogP contribution in [0.2, 0.25) is 0 Å². The second-order valence-corrected chi connectivity index (χ2v) is 6.75. The van der Waals surface area contributed by atoms with E-state index in [1.54, 1.807) is 0 Å². The van der Waals surface area contributed by atoms with Crippen molar-refractivity contribution in [3.8, 4) is 0 Å². The molecule has 1 amide bonds. The Morgan fingerprint density at radius 2 is 2.06 bits per heavy atom. The van der Waals surface area contributed by atoms with E-state index in [1.807, 2.05) is 20.8 Å². The highest BCUT2D eigenvalue weighted by molar-refractivity contribution is 5.89. The lowest BCUT2D eigenvalue weighted by molar-refractivity contribution is -0.147. The van der Waals surface area contributed by atoms with Crippen LogP contribution in [0.4, 0.5) is 0 Å². The summed E-state index contributed by atoms with van der Waals surface area (Å²) in [5, 5.41) is 13.0. The van der Waals surface area contributed by atoms with Gasteiger partial charge in [-0.1, -0.05) is 0 Å². The van der Waals surface area contributed by atoms with Crippen molar-refractivity contribution in [1.82, 2.24) is 5.32 Å². The first kappa shape index (κ1) is 12.0. The number of aliphatic hydroxyl groups is 1. The van der Waals surface area contributed by atoms with Gasteiger partial charge in [-0.05, 0) is 27.2 Å². The van der Waals surface area contributed by atoms with Crippen LogP contribution in [0.3, 0.4) is 0 Å². The quantitative estimate of drug-likeness (QED) is 0.648. The molecule has 0 radical (unpaired) electrons. The maximum atomic E-state index is 12.3. The number of ether oxygens (including phenoxy) is 1. The van der Waals surface area contributed by atoms with E-state index in [0.717, 1.165) is 6.42 Å². The molecule has 1 heterocycles. The monoisotopic (exact) mass is 253 g/mol. The topological polar surface area (TPSA) is 75.6 Å². The van der Waals surface area contributed by atoms with Gasteiger partial charge >= 0.3 is 5.97 Å². The van der Waals surface area contributed by atoms with Gasteiger partial charge in [-0.3, -0.25) is 9.59 Å². The van der Waals surface area contributed by atoms with Crippen molar-refractivity contribution in [3.63, 3.8) is 0 Å². The van der Waals surface area contributed by atoms with Crippen molar-refractivity contribution < 1.29 is 19.4 Å². The maximum Gasteiger partial charge on any atom is 0.310 e. The second-order valence-electron chi connectivity index (χ2n) is 6.75. The van der Waals surface area contributed by atoms with Crippen LogP contribution >= 0.6 is 0 Å². The van der Waals surface area contributed by atoms with Crippen molar-refractivity contribution in [2.24, 2.45) is 23.7 Å². The predicted molar refractivity (Wildman–Crippen MR) is 62.4 cm³/mol. The molecule has 0 unspecified atom stereocenters. The lowest BCUT2D eigenvalue weighted by atomic mass is 9.77. The van der Waals surface area contributed by atoms with Crippen molar-refractivity contribution >= 4 is 11.9 Å². The molecule has 1 aliphatic heterocycles. The average Bonchev–Trinajstić information content (AvgIpc) is 2.78. The van der Waals surface area contributed by atoms with E-state index in [1.165, 1.54) is 0 Å². The number of hydrogen-bond acceptors (Lipinski definition) is 4. The second kappa shape index (κ2) is 3.47. The van der Waals surface area contributed by atoms with E-state index in [2.05, 4.69) is 5.32 Å². The van der Waals surface area contributed by atoms with Crippen molar-refractivity contribution in [1.29, 1.82) is 0 Å². The Labute approximate surface area is 106 Å². The number of aliphatic hydroxyl groups excluding tert-OH is 1. The molecule has 0 aromatic carbocycles. The first-order chi connectivity index (χ1) is 8.29. The Bertz CT molecular complexity index is 414. The van der Waals surface area contributed by atoms with Crippen molar-refractivity contribution in [2.75, 3.05) is 0 Å². The zero-order valence-corrected chi connectivity index (χ0v) is 10.8. The zero-order valence-electron chi connectivity index (χ0n) is 10.8. The van der Waals surface area contributed by atoms with Gasteiger partial charge in [-0.15, -0.1) is 0 Å².